The number of fused-ring (bicyclic) bond motifs is 6. The van der Waals surface area contributed by atoms with Crippen molar-refractivity contribution in [1.29, 1.82) is 0 Å². The van der Waals surface area contributed by atoms with Crippen LogP contribution in [0.4, 0.5) is 4.79 Å². The van der Waals surface area contributed by atoms with Crippen molar-refractivity contribution in [2.75, 3.05) is 12.3 Å². The average molecular weight is 725 g/mol. The smallest absolute Gasteiger partial charge is 0.315 e. The van der Waals surface area contributed by atoms with Gasteiger partial charge in [0.15, 0.2) is 0 Å². The van der Waals surface area contributed by atoms with Crippen molar-refractivity contribution in [3.63, 3.8) is 0 Å². The van der Waals surface area contributed by atoms with E-state index in [4.69, 9.17) is 0 Å². The second-order valence-electron chi connectivity index (χ2n) is 18.8. The van der Waals surface area contributed by atoms with Gasteiger partial charge in [0, 0.05) is 36.4 Å². The number of thioether (sulfide) groups is 1. The molecule has 8 heteroatoms. The highest BCUT2D eigenvalue weighted by atomic mass is 32.2. The summed E-state index contributed by atoms with van der Waals surface area (Å²) in [6.07, 6.45) is 24.1. The SMILES string of the molecule is CC(C)CCC[C@@H](C)[C@H]1CC[C@H]2[C@@H]3CC=C4C[C@H](NC(=O)CCCCCNC(=O)CCCC[C@@H]5SC[C@@H]6NC(=O)N[C@@H]65)CC[C@]4(C)[C@H]3CC[C@]12C. The summed E-state index contributed by atoms with van der Waals surface area (Å²) in [4.78, 5) is 36.8. The molecule has 2 saturated heterocycles. The highest BCUT2D eigenvalue weighted by Crippen LogP contribution is 2.67. The van der Waals surface area contributed by atoms with E-state index in [2.05, 4.69) is 62.0 Å². The van der Waals surface area contributed by atoms with Gasteiger partial charge in [-0.1, -0.05) is 78.4 Å². The molecular weight excluding hydrogens is 653 g/mol. The van der Waals surface area contributed by atoms with Crippen LogP contribution in [0.1, 0.15) is 157 Å². The molecule has 2 heterocycles. The molecule has 6 rings (SSSR count). The first-order valence-electron chi connectivity index (χ1n) is 21.4. The molecule has 0 aromatic carbocycles. The number of urea groups is 1. The van der Waals surface area contributed by atoms with Gasteiger partial charge < -0.3 is 21.3 Å². The fraction of sp³-hybridized carbons (Fsp3) is 0.884. The van der Waals surface area contributed by atoms with Crippen LogP contribution in [0.3, 0.4) is 0 Å². The lowest BCUT2D eigenvalue weighted by Crippen LogP contribution is -2.52. The van der Waals surface area contributed by atoms with Crippen LogP contribution < -0.4 is 21.3 Å². The van der Waals surface area contributed by atoms with Gasteiger partial charge >= 0.3 is 6.03 Å². The monoisotopic (exact) mass is 725 g/mol. The molecule has 3 saturated carbocycles. The average Bonchev–Trinajstić information content (AvgIpc) is 3.76. The number of carbonyl (C=O) groups excluding carboxylic acids is 3. The molecule has 7 nitrogen and oxygen atoms in total. The van der Waals surface area contributed by atoms with Gasteiger partial charge in [0.25, 0.3) is 0 Å². The van der Waals surface area contributed by atoms with Crippen LogP contribution in [-0.4, -0.2) is 53.5 Å². The minimum absolute atomic E-state index is 0.0390. The molecule has 5 fully saturated rings. The Kier molecular flexibility index (Phi) is 13.1. The quantitative estimate of drug-likeness (QED) is 0.0684. The highest BCUT2D eigenvalue weighted by Gasteiger charge is 2.59. The van der Waals surface area contributed by atoms with Gasteiger partial charge in [-0.05, 0) is 123 Å². The van der Waals surface area contributed by atoms with Gasteiger partial charge in [0.2, 0.25) is 11.8 Å². The van der Waals surface area contributed by atoms with E-state index in [1.807, 2.05) is 11.8 Å². The standard InChI is InChI=1S/C43H72N4O3S/c1-28(2)12-11-13-29(3)33-19-20-34-32-18-17-30-26-31(21-23-42(30,4)35(32)22-24-43(33,34)5)45-39(49)16-7-6-10-25-44-38(48)15-9-8-14-37-40-36(27-51-37)46-41(50)47-40/h17,28-29,31-37,40H,6-16,18-27H2,1-5H3,(H,44,48)(H,45,49)(H2,46,47,50)/t29-,31-,32+,33-,34+,35+,36+,37+,40+,42+,43-/m1/s1. The topological polar surface area (TPSA) is 99.3 Å². The van der Waals surface area contributed by atoms with Crippen molar-refractivity contribution in [2.45, 2.75) is 180 Å². The molecule has 2 aliphatic heterocycles. The number of amides is 4. The first-order valence-corrected chi connectivity index (χ1v) is 22.5. The zero-order valence-electron chi connectivity index (χ0n) is 32.8. The van der Waals surface area contributed by atoms with Crippen molar-refractivity contribution in [1.82, 2.24) is 21.3 Å². The Morgan fingerprint density at radius 1 is 0.902 bits per heavy atom. The largest absolute Gasteiger partial charge is 0.356 e. The Morgan fingerprint density at radius 2 is 1.71 bits per heavy atom. The second-order valence-corrected chi connectivity index (χ2v) is 20.1. The highest BCUT2D eigenvalue weighted by molar-refractivity contribution is 8.00. The van der Waals surface area contributed by atoms with Gasteiger partial charge in [-0.2, -0.15) is 11.8 Å². The van der Waals surface area contributed by atoms with Crippen LogP contribution >= 0.6 is 11.8 Å². The van der Waals surface area contributed by atoms with E-state index in [-0.39, 0.29) is 36.0 Å². The number of nitrogens with one attached hydrogen (secondary N) is 4. The lowest BCUT2D eigenvalue weighted by Gasteiger charge is -2.58. The van der Waals surface area contributed by atoms with Crippen LogP contribution in [0.5, 0.6) is 0 Å². The molecule has 4 amide bonds. The molecule has 0 unspecified atom stereocenters. The molecule has 0 aromatic heterocycles. The molecule has 0 spiro atoms. The Balaban J connectivity index is 0.848. The first-order chi connectivity index (χ1) is 24.5. The summed E-state index contributed by atoms with van der Waals surface area (Å²) in [6.45, 7) is 13.3. The molecule has 4 N–H and O–H groups in total. The van der Waals surface area contributed by atoms with Crippen LogP contribution in [0.15, 0.2) is 11.6 Å². The van der Waals surface area contributed by atoms with Crippen molar-refractivity contribution in [2.24, 2.45) is 46.3 Å². The zero-order valence-corrected chi connectivity index (χ0v) is 33.6. The van der Waals surface area contributed by atoms with Crippen molar-refractivity contribution >= 4 is 29.6 Å². The summed E-state index contributed by atoms with van der Waals surface area (Å²) in [5, 5.41) is 13.0. The number of unbranched alkanes of at least 4 members (excludes halogenated alkanes) is 3. The van der Waals surface area contributed by atoms with E-state index in [0.29, 0.717) is 35.5 Å². The molecule has 11 atom stereocenters. The molecular formula is C43H72N4O3S. The van der Waals surface area contributed by atoms with Gasteiger partial charge in [0.1, 0.15) is 0 Å². The lowest BCUT2D eigenvalue weighted by atomic mass is 9.47. The maximum absolute atomic E-state index is 13.0. The van der Waals surface area contributed by atoms with E-state index in [1.165, 1.54) is 57.8 Å². The van der Waals surface area contributed by atoms with Gasteiger partial charge in [-0.15, -0.1) is 0 Å². The Bertz CT molecular complexity index is 1260. The van der Waals surface area contributed by atoms with Gasteiger partial charge in [-0.3, -0.25) is 9.59 Å². The number of hydrogen-bond acceptors (Lipinski definition) is 4. The summed E-state index contributed by atoms with van der Waals surface area (Å²) in [6, 6.07) is 0.750. The molecule has 0 aromatic rings. The predicted octanol–water partition coefficient (Wildman–Crippen LogP) is 8.92. The van der Waals surface area contributed by atoms with Gasteiger partial charge in [-0.25, -0.2) is 4.79 Å². The van der Waals surface area contributed by atoms with E-state index < -0.39 is 0 Å². The summed E-state index contributed by atoms with van der Waals surface area (Å²) < 4.78 is 0. The Hall–Kier alpha value is -1.70. The third-order valence-corrected chi connectivity index (χ3v) is 16.7. The van der Waals surface area contributed by atoms with E-state index in [0.717, 1.165) is 92.6 Å². The second kappa shape index (κ2) is 17.2. The van der Waals surface area contributed by atoms with E-state index >= 15 is 0 Å². The minimum Gasteiger partial charge on any atom is -0.356 e. The third kappa shape index (κ3) is 8.99. The maximum Gasteiger partial charge on any atom is 0.315 e. The van der Waals surface area contributed by atoms with Crippen LogP contribution in [0.25, 0.3) is 0 Å². The fourth-order valence-electron chi connectivity index (χ4n) is 12.3. The van der Waals surface area contributed by atoms with Crippen LogP contribution in [0.2, 0.25) is 0 Å². The molecule has 0 bridgehead atoms. The fourth-order valence-corrected chi connectivity index (χ4v) is 13.8. The summed E-state index contributed by atoms with van der Waals surface area (Å²) in [7, 11) is 0. The first kappa shape index (κ1) is 39.0. The molecule has 6 aliphatic rings. The van der Waals surface area contributed by atoms with Crippen molar-refractivity contribution in [3.8, 4) is 0 Å². The molecule has 51 heavy (non-hydrogen) atoms. The van der Waals surface area contributed by atoms with Crippen molar-refractivity contribution < 1.29 is 14.4 Å². The Labute approximate surface area is 314 Å². The Morgan fingerprint density at radius 3 is 2.53 bits per heavy atom. The van der Waals surface area contributed by atoms with Crippen molar-refractivity contribution in [3.05, 3.63) is 11.6 Å². The van der Waals surface area contributed by atoms with Gasteiger partial charge in [0.05, 0.1) is 12.1 Å². The normalized spacial score (nSPS) is 37.4. The molecule has 4 aliphatic carbocycles. The van der Waals surface area contributed by atoms with Crippen LogP contribution in [-0.2, 0) is 9.59 Å². The number of carbonyl (C=O) groups is 3. The lowest BCUT2D eigenvalue weighted by molar-refractivity contribution is -0.123. The predicted molar refractivity (Wildman–Crippen MR) is 210 cm³/mol. The van der Waals surface area contributed by atoms with E-state index in [9.17, 15) is 14.4 Å². The third-order valence-electron chi connectivity index (χ3n) is 15.2. The minimum atomic E-state index is -0.0390. The number of hydrogen-bond donors (Lipinski definition) is 4. The summed E-state index contributed by atoms with van der Waals surface area (Å²) >= 11 is 1.93. The molecule has 288 valence electrons. The maximum atomic E-state index is 13.0. The van der Waals surface area contributed by atoms with Crippen LogP contribution in [0, 0.1) is 46.3 Å². The number of allylic oxidation sites excluding steroid dienone is 1. The van der Waals surface area contributed by atoms with E-state index in [1.54, 1.807) is 5.57 Å². The molecule has 0 radical (unpaired) electrons. The summed E-state index contributed by atoms with van der Waals surface area (Å²) in [5.74, 6) is 6.47. The number of rotatable bonds is 17. The summed E-state index contributed by atoms with van der Waals surface area (Å²) in [5.41, 5.74) is 2.51. The zero-order chi connectivity index (χ0) is 36.2.